The summed E-state index contributed by atoms with van der Waals surface area (Å²) in [7, 11) is 0. The van der Waals surface area contributed by atoms with E-state index in [0.717, 1.165) is 23.5 Å². The van der Waals surface area contributed by atoms with Crippen molar-refractivity contribution in [2.75, 3.05) is 5.32 Å². The van der Waals surface area contributed by atoms with Crippen molar-refractivity contribution in [3.63, 3.8) is 0 Å². The third kappa shape index (κ3) is 3.00. The number of thiophene rings is 1. The van der Waals surface area contributed by atoms with Gasteiger partial charge in [0.2, 0.25) is 0 Å². The van der Waals surface area contributed by atoms with E-state index in [2.05, 4.69) is 41.0 Å². The second kappa shape index (κ2) is 6.78. The minimum Gasteiger partial charge on any atom is -0.375 e. The van der Waals surface area contributed by atoms with Crippen LogP contribution in [0.5, 0.6) is 0 Å². The molecule has 2 aromatic carbocycles. The maximum atomic E-state index is 13.3. The first-order chi connectivity index (χ1) is 13.3. The van der Waals surface area contributed by atoms with E-state index < -0.39 is 0 Å². The van der Waals surface area contributed by atoms with Crippen molar-refractivity contribution in [3.8, 4) is 0 Å². The summed E-state index contributed by atoms with van der Waals surface area (Å²) < 4.78 is 0. The fraction of sp³-hybridized carbons (Fsp3) is 0.217. The lowest BCUT2D eigenvalue weighted by Crippen LogP contribution is -2.38. The molecule has 0 bridgehead atoms. The lowest BCUT2D eigenvalue weighted by Gasteiger charge is -2.33. The number of nitrogens with one attached hydrogen (secondary N) is 1. The summed E-state index contributed by atoms with van der Waals surface area (Å²) in [4.78, 5) is 19.5. The highest BCUT2D eigenvalue weighted by molar-refractivity contribution is 7.10. The number of rotatable bonds is 2. The summed E-state index contributed by atoms with van der Waals surface area (Å²) in [5, 5.41) is 5.70. The Labute approximate surface area is 162 Å². The van der Waals surface area contributed by atoms with Crippen LogP contribution in [0.2, 0.25) is 0 Å². The normalized spacial score (nSPS) is 24.2. The summed E-state index contributed by atoms with van der Waals surface area (Å²) in [5.74, 6) is 0.298. The lowest BCUT2D eigenvalue weighted by molar-refractivity contribution is -0.122. The van der Waals surface area contributed by atoms with E-state index in [1.165, 1.54) is 10.4 Å². The molecule has 0 radical (unpaired) electrons. The highest BCUT2D eigenvalue weighted by Crippen LogP contribution is 2.44. The Morgan fingerprint density at radius 1 is 0.926 bits per heavy atom. The molecular formula is C23H20N2OS. The van der Waals surface area contributed by atoms with E-state index in [4.69, 9.17) is 4.99 Å². The predicted molar refractivity (Wildman–Crippen MR) is 111 cm³/mol. The van der Waals surface area contributed by atoms with Gasteiger partial charge in [0.1, 0.15) is 5.78 Å². The summed E-state index contributed by atoms with van der Waals surface area (Å²) in [6, 6.07) is 22.6. The highest BCUT2D eigenvalue weighted by Gasteiger charge is 2.41. The Balaban J connectivity index is 1.60. The van der Waals surface area contributed by atoms with E-state index in [9.17, 15) is 4.79 Å². The maximum Gasteiger partial charge on any atom is 0.144 e. The van der Waals surface area contributed by atoms with Gasteiger partial charge in [0.15, 0.2) is 0 Å². The zero-order chi connectivity index (χ0) is 18.2. The quantitative estimate of drug-likeness (QED) is 0.622. The van der Waals surface area contributed by atoms with Crippen molar-refractivity contribution in [1.82, 2.24) is 0 Å². The van der Waals surface area contributed by atoms with Crippen LogP contribution < -0.4 is 5.32 Å². The van der Waals surface area contributed by atoms with E-state index in [-0.39, 0.29) is 23.7 Å². The fourth-order valence-corrected chi connectivity index (χ4v) is 5.08. The summed E-state index contributed by atoms with van der Waals surface area (Å²) in [5.41, 5.74) is 4.17. The van der Waals surface area contributed by atoms with Gasteiger partial charge in [-0.2, -0.15) is 0 Å². The van der Waals surface area contributed by atoms with Crippen LogP contribution in [0.1, 0.15) is 35.2 Å². The molecule has 1 aliphatic heterocycles. The van der Waals surface area contributed by atoms with Crippen LogP contribution >= 0.6 is 11.3 Å². The van der Waals surface area contributed by atoms with Gasteiger partial charge in [-0.15, -0.1) is 11.3 Å². The van der Waals surface area contributed by atoms with Crippen LogP contribution in [0.15, 0.2) is 77.1 Å². The summed E-state index contributed by atoms with van der Waals surface area (Å²) in [6.07, 6.45) is 1.41. The molecule has 4 heteroatoms. The Kier molecular flexibility index (Phi) is 4.13. The van der Waals surface area contributed by atoms with Crippen LogP contribution in [-0.2, 0) is 4.79 Å². The molecular weight excluding hydrogens is 352 g/mol. The average molecular weight is 372 g/mol. The van der Waals surface area contributed by atoms with E-state index in [0.29, 0.717) is 6.42 Å². The predicted octanol–water partition coefficient (Wildman–Crippen LogP) is 5.75. The van der Waals surface area contributed by atoms with Gasteiger partial charge >= 0.3 is 0 Å². The van der Waals surface area contributed by atoms with Crippen molar-refractivity contribution in [1.29, 1.82) is 0 Å². The van der Waals surface area contributed by atoms with Gasteiger partial charge in [-0.3, -0.25) is 9.79 Å². The highest BCUT2D eigenvalue weighted by atomic mass is 32.1. The number of anilines is 1. The van der Waals surface area contributed by atoms with Gasteiger partial charge in [0, 0.05) is 17.0 Å². The molecule has 3 atom stereocenters. The lowest BCUT2D eigenvalue weighted by atomic mass is 9.73. The van der Waals surface area contributed by atoms with Crippen LogP contribution in [-0.4, -0.2) is 11.5 Å². The molecule has 2 heterocycles. The molecule has 134 valence electrons. The van der Waals surface area contributed by atoms with Crippen LogP contribution in [0.25, 0.3) is 0 Å². The van der Waals surface area contributed by atoms with Gasteiger partial charge in [0.25, 0.3) is 0 Å². The topological polar surface area (TPSA) is 41.5 Å². The molecule has 3 unspecified atom stereocenters. The molecule has 1 fully saturated rings. The number of hydrogen-bond donors (Lipinski definition) is 1. The largest absolute Gasteiger partial charge is 0.375 e. The molecule has 2 aliphatic rings. The molecule has 0 saturated heterocycles. The Bertz CT molecular complexity index is 994. The number of carbonyl (C=O) groups is 1. The molecule has 5 rings (SSSR count). The summed E-state index contributed by atoms with van der Waals surface area (Å²) in [6.45, 7) is 0. The van der Waals surface area contributed by atoms with Crippen molar-refractivity contribution in [2.24, 2.45) is 10.9 Å². The van der Waals surface area contributed by atoms with Gasteiger partial charge in [-0.1, -0.05) is 48.5 Å². The number of aliphatic imine (C=N–C) groups is 1. The SMILES string of the molecule is O=C1CC(c2ccccc2)CC2=Nc3ccccc3NC(c3cccs3)C12. The number of Topliss-reactive ketones (excluding diaryl/α,β-unsaturated/α-hetero) is 1. The molecule has 27 heavy (non-hydrogen) atoms. The number of benzene rings is 2. The third-order valence-electron chi connectivity index (χ3n) is 5.54. The van der Waals surface area contributed by atoms with Crippen molar-refractivity contribution in [2.45, 2.75) is 24.8 Å². The third-order valence-corrected chi connectivity index (χ3v) is 6.50. The fourth-order valence-electron chi connectivity index (χ4n) is 4.26. The monoisotopic (exact) mass is 372 g/mol. The van der Waals surface area contributed by atoms with Gasteiger partial charge in [-0.25, -0.2) is 0 Å². The second-order valence-electron chi connectivity index (χ2n) is 7.22. The maximum absolute atomic E-state index is 13.3. The minimum atomic E-state index is -0.198. The van der Waals surface area contributed by atoms with E-state index >= 15 is 0 Å². The first-order valence-corrected chi connectivity index (χ1v) is 10.2. The van der Waals surface area contributed by atoms with Crippen molar-refractivity contribution in [3.05, 3.63) is 82.6 Å². The van der Waals surface area contributed by atoms with Crippen molar-refractivity contribution < 1.29 is 4.79 Å². The van der Waals surface area contributed by atoms with Gasteiger partial charge in [0.05, 0.1) is 23.3 Å². The molecule has 1 aromatic heterocycles. The number of hydrogen-bond acceptors (Lipinski definition) is 4. The number of nitrogens with zero attached hydrogens (tertiary/aromatic N) is 1. The van der Waals surface area contributed by atoms with Gasteiger partial charge < -0.3 is 5.32 Å². The number of fused-ring (bicyclic) bond motifs is 2. The van der Waals surface area contributed by atoms with Crippen LogP contribution in [0, 0.1) is 5.92 Å². The number of carbonyl (C=O) groups excluding carboxylic acids is 1. The molecule has 1 aliphatic carbocycles. The Hall–Kier alpha value is -2.72. The first kappa shape index (κ1) is 16.5. The molecule has 1 N–H and O–H groups in total. The average Bonchev–Trinajstić information content (AvgIpc) is 3.17. The van der Waals surface area contributed by atoms with E-state index in [1.807, 2.05) is 36.4 Å². The number of para-hydroxylation sites is 2. The molecule has 1 saturated carbocycles. The zero-order valence-corrected chi connectivity index (χ0v) is 15.7. The molecule has 0 amide bonds. The van der Waals surface area contributed by atoms with E-state index in [1.54, 1.807) is 11.3 Å². The molecule has 0 spiro atoms. The molecule has 3 aromatic rings. The summed E-state index contributed by atoms with van der Waals surface area (Å²) >= 11 is 1.70. The standard InChI is InChI=1S/C23H20N2OS/c26-20-14-16(15-7-2-1-3-8-15)13-19-22(20)23(21-11-6-12-27-21)25-18-10-5-4-9-17(18)24-19/h1-12,16,22-23,25H,13-14H2. The second-order valence-corrected chi connectivity index (χ2v) is 8.20. The number of ketones is 1. The van der Waals surface area contributed by atoms with Crippen LogP contribution in [0.4, 0.5) is 11.4 Å². The minimum absolute atomic E-state index is 0.0448. The first-order valence-electron chi connectivity index (χ1n) is 9.33. The van der Waals surface area contributed by atoms with Crippen LogP contribution in [0.3, 0.4) is 0 Å². The Morgan fingerprint density at radius 2 is 1.74 bits per heavy atom. The zero-order valence-electron chi connectivity index (χ0n) is 14.8. The van der Waals surface area contributed by atoms with Gasteiger partial charge in [-0.05, 0) is 41.5 Å². The molecule has 3 nitrogen and oxygen atoms in total. The smallest absolute Gasteiger partial charge is 0.144 e. The van der Waals surface area contributed by atoms with Crippen molar-refractivity contribution >= 4 is 34.2 Å². The Morgan fingerprint density at radius 3 is 2.56 bits per heavy atom.